The van der Waals surface area contributed by atoms with E-state index in [1.54, 1.807) is 11.8 Å². The maximum atomic E-state index is 12.3. The number of amides is 2. The van der Waals surface area contributed by atoms with Gasteiger partial charge in [0.15, 0.2) is 0 Å². The van der Waals surface area contributed by atoms with Gasteiger partial charge in [-0.25, -0.2) is 9.48 Å². The number of carbonyl (C=O) groups excluding carboxylic acids is 1. The Morgan fingerprint density at radius 1 is 1.12 bits per heavy atom. The molecule has 26 heavy (non-hydrogen) atoms. The Bertz CT molecular complexity index is 918. The lowest BCUT2D eigenvalue weighted by Gasteiger charge is -2.12. The first-order chi connectivity index (χ1) is 12.6. The molecule has 134 valence electrons. The van der Waals surface area contributed by atoms with E-state index in [0.717, 1.165) is 28.3 Å². The summed E-state index contributed by atoms with van der Waals surface area (Å²) in [4.78, 5) is 12.3. The Morgan fingerprint density at radius 2 is 1.92 bits per heavy atom. The van der Waals surface area contributed by atoms with Crippen LogP contribution in [0.1, 0.15) is 16.8 Å². The van der Waals surface area contributed by atoms with Gasteiger partial charge in [-0.15, -0.1) is 0 Å². The third-order valence-electron chi connectivity index (χ3n) is 4.00. The number of aryl methyl sites for hydroxylation is 2. The zero-order valence-corrected chi connectivity index (χ0v) is 15.1. The third-order valence-corrected chi connectivity index (χ3v) is 4.00. The maximum absolute atomic E-state index is 12.3. The lowest BCUT2D eigenvalue weighted by molar-refractivity contribution is 0.251. The van der Waals surface area contributed by atoms with E-state index in [0.29, 0.717) is 12.4 Å². The Balaban J connectivity index is 1.71. The van der Waals surface area contributed by atoms with Crippen molar-refractivity contribution in [1.82, 2.24) is 15.1 Å². The number of anilines is 1. The molecule has 0 spiro atoms. The Hall–Kier alpha value is -3.28. The summed E-state index contributed by atoms with van der Waals surface area (Å²) in [5.74, 6) is 1.39. The van der Waals surface area contributed by atoms with Gasteiger partial charge in [0, 0.05) is 12.6 Å². The summed E-state index contributed by atoms with van der Waals surface area (Å²) in [6, 6.07) is 17.1. The highest BCUT2D eigenvalue weighted by Gasteiger charge is 2.12. The number of hydrogen-bond acceptors (Lipinski definition) is 3. The van der Waals surface area contributed by atoms with Crippen LogP contribution >= 0.6 is 0 Å². The highest BCUT2D eigenvalue weighted by molar-refractivity contribution is 5.88. The first-order valence-corrected chi connectivity index (χ1v) is 8.37. The number of methoxy groups -OCH3 is 1. The monoisotopic (exact) mass is 350 g/mol. The molecule has 0 radical (unpaired) electrons. The number of ether oxygens (including phenoxy) is 1. The van der Waals surface area contributed by atoms with Crippen LogP contribution < -0.4 is 15.4 Å². The number of carbonyl (C=O) groups is 1. The van der Waals surface area contributed by atoms with Crippen molar-refractivity contribution >= 4 is 11.8 Å². The van der Waals surface area contributed by atoms with Gasteiger partial charge in [-0.05, 0) is 43.2 Å². The fourth-order valence-corrected chi connectivity index (χ4v) is 2.70. The van der Waals surface area contributed by atoms with E-state index >= 15 is 0 Å². The van der Waals surface area contributed by atoms with E-state index in [1.807, 2.05) is 68.4 Å². The normalized spacial score (nSPS) is 10.4. The Labute approximate surface area is 152 Å². The average molecular weight is 350 g/mol. The van der Waals surface area contributed by atoms with Crippen LogP contribution in [0.3, 0.4) is 0 Å². The zero-order valence-electron chi connectivity index (χ0n) is 15.1. The van der Waals surface area contributed by atoms with Gasteiger partial charge >= 0.3 is 6.03 Å². The molecule has 0 unspecified atom stereocenters. The molecule has 3 aromatic rings. The number of aromatic nitrogens is 2. The standard InChI is InChI=1S/C20H22N4O2/c1-14-7-4-5-10-18(14)24-19(11-15(2)23-24)22-20(25)21-13-16-8-6-9-17(12-16)26-3/h4-12H,13H2,1-3H3,(H2,21,22,25). The van der Waals surface area contributed by atoms with Crippen LogP contribution in [0, 0.1) is 13.8 Å². The van der Waals surface area contributed by atoms with Gasteiger partial charge < -0.3 is 10.1 Å². The van der Waals surface area contributed by atoms with Crippen molar-refractivity contribution < 1.29 is 9.53 Å². The SMILES string of the molecule is COc1cccc(CNC(=O)Nc2cc(C)nn2-c2ccccc2C)c1. The molecular weight excluding hydrogens is 328 g/mol. The van der Waals surface area contributed by atoms with Crippen molar-refractivity contribution in [3.8, 4) is 11.4 Å². The topological polar surface area (TPSA) is 68.2 Å². The van der Waals surface area contributed by atoms with Gasteiger partial charge in [-0.3, -0.25) is 5.32 Å². The van der Waals surface area contributed by atoms with Gasteiger partial charge in [0.25, 0.3) is 0 Å². The predicted molar refractivity (Wildman–Crippen MR) is 102 cm³/mol. The van der Waals surface area contributed by atoms with Crippen LogP contribution in [0.15, 0.2) is 54.6 Å². The molecule has 1 aromatic heterocycles. The van der Waals surface area contributed by atoms with Crippen molar-refractivity contribution in [2.45, 2.75) is 20.4 Å². The second-order valence-electron chi connectivity index (χ2n) is 6.03. The molecule has 2 amide bonds. The highest BCUT2D eigenvalue weighted by atomic mass is 16.5. The van der Waals surface area contributed by atoms with Gasteiger partial charge in [0.2, 0.25) is 0 Å². The minimum absolute atomic E-state index is 0.289. The second-order valence-corrected chi connectivity index (χ2v) is 6.03. The third kappa shape index (κ3) is 4.03. The molecular formula is C20H22N4O2. The summed E-state index contributed by atoms with van der Waals surface area (Å²) in [7, 11) is 1.62. The molecule has 0 saturated carbocycles. The van der Waals surface area contributed by atoms with Crippen LogP contribution in [0.5, 0.6) is 5.75 Å². The molecule has 0 aliphatic heterocycles. The second kappa shape index (κ2) is 7.74. The first-order valence-electron chi connectivity index (χ1n) is 8.37. The van der Waals surface area contributed by atoms with Crippen molar-refractivity contribution in [3.63, 3.8) is 0 Å². The van der Waals surface area contributed by atoms with Crippen LogP contribution in [0.25, 0.3) is 5.69 Å². The summed E-state index contributed by atoms with van der Waals surface area (Å²) in [6.07, 6.45) is 0. The molecule has 0 fully saturated rings. The average Bonchev–Trinajstić information content (AvgIpc) is 3.00. The molecule has 6 heteroatoms. The van der Waals surface area contributed by atoms with Crippen molar-refractivity contribution in [2.24, 2.45) is 0 Å². The minimum atomic E-state index is -0.289. The number of urea groups is 1. The number of benzene rings is 2. The largest absolute Gasteiger partial charge is 0.497 e. The van der Waals surface area contributed by atoms with Crippen molar-refractivity contribution in [3.05, 3.63) is 71.4 Å². The van der Waals surface area contributed by atoms with Gasteiger partial charge in [-0.2, -0.15) is 5.10 Å². The van der Waals surface area contributed by atoms with E-state index in [9.17, 15) is 4.79 Å². The molecule has 6 nitrogen and oxygen atoms in total. The quantitative estimate of drug-likeness (QED) is 0.735. The van der Waals surface area contributed by atoms with Crippen LogP contribution in [0.2, 0.25) is 0 Å². The molecule has 0 bridgehead atoms. The van der Waals surface area contributed by atoms with Crippen LogP contribution in [-0.2, 0) is 6.54 Å². The minimum Gasteiger partial charge on any atom is -0.497 e. The molecule has 2 aromatic carbocycles. The maximum Gasteiger partial charge on any atom is 0.320 e. The van der Waals surface area contributed by atoms with E-state index in [4.69, 9.17) is 4.74 Å². The summed E-state index contributed by atoms with van der Waals surface area (Å²) < 4.78 is 6.94. The van der Waals surface area contributed by atoms with Gasteiger partial charge in [-0.1, -0.05) is 30.3 Å². The van der Waals surface area contributed by atoms with Crippen molar-refractivity contribution in [2.75, 3.05) is 12.4 Å². The fraction of sp³-hybridized carbons (Fsp3) is 0.200. The van der Waals surface area contributed by atoms with Gasteiger partial charge in [0.05, 0.1) is 18.5 Å². The summed E-state index contributed by atoms with van der Waals surface area (Å²) in [6.45, 7) is 4.31. The molecule has 0 aliphatic carbocycles. The van der Waals surface area contributed by atoms with E-state index in [1.165, 1.54) is 0 Å². The molecule has 1 heterocycles. The van der Waals surface area contributed by atoms with E-state index in [2.05, 4.69) is 15.7 Å². The summed E-state index contributed by atoms with van der Waals surface area (Å²) in [5, 5.41) is 10.2. The molecule has 2 N–H and O–H groups in total. The Kier molecular flexibility index (Phi) is 5.22. The highest BCUT2D eigenvalue weighted by Crippen LogP contribution is 2.20. The van der Waals surface area contributed by atoms with Gasteiger partial charge in [0.1, 0.15) is 11.6 Å². The van der Waals surface area contributed by atoms with Crippen LogP contribution in [0.4, 0.5) is 10.6 Å². The fourth-order valence-electron chi connectivity index (χ4n) is 2.70. The number of hydrogen-bond donors (Lipinski definition) is 2. The van der Waals surface area contributed by atoms with Crippen molar-refractivity contribution in [1.29, 1.82) is 0 Å². The molecule has 0 atom stereocenters. The number of nitrogens with zero attached hydrogens (tertiary/aromatic N) is 2. The number of para-hydroxylation sites is 1. The smallest absolute Gasteiger partial charge is 0.320 e. The Morgan fingerprint density at radius 3 is 2.69 bits per heavy atom. The predicted octanol–water partition coefficient (Wildman–Crippen LogP) is 3.82. The number of nitrogens with one attached hydrogen (secondary N) is 2. The molecule has 0 saturated heterocycles. The number of rotatable bonds is 5. The van der Waals surface area contributed by atoms with Crippen LogP contribution in [-0.4, -0.2) is 22.9 Å². The zero-order chi connectivity index (χ0) is 18.5. The van der Waals surface area contributed by atoms with E-state index < -0.39 is 0 Å². The lowest BCUT2D eigenvalue weighted by Crippen LogP contribution is -2.29. The summed E-state index contributed by atoms with van der Waals surface area (Å²) >= 11 is 0. The molecule has 3 rings (SSSR count). The van der Waals surface area contributed by atoms with E-state index in [-0.39, 0.29) is 6.03 Å². The molecule has 0 aliphatic rings. The summed E-state index contributed by atoms with van der Waals surface area (Å²) in [5.41, 5.74) is 3.80. The first kappa shape index (κ1) is 17.5. The lowest BCUT2D eigenvalue weighted by atomic mass is 10.2.